The molecule has 0 aromatic heterocycles. The highest BCUT2D eigenvalue weighted by Crippen LogP contribution is 2.26. The number of carboxylic acid groups (broad SMARTS) is 3. The SMILES string of the molecule is CCCCCCCCCC(=O)CCCCCC/C=C/C(C(=O)N[C@@H](Cc1ccc(O)cc1)C(=O)O)C(O)(CC(=O)O)C(=O)O. The molecule has 0 heterocycles. The van der Waals surface area contributed by atoms with E-state index >= 15 is 0 Å². The number of Topliss-reactive ketones (excluding diaryl/α,β-unsaturated/α-hetero) is 1. The summed E-state index contributed by atoms with van der Waals surface area (Å²) in [6.07, 6.45) is 13.8. The second kappa shape index (κ2) is 21.1. The van der Waals surface area contributed by atoms with E-state index in [1.165, 1.54) is 62.4 Å². The van der Waals surface area contributed by atoms with Gasteiger partial charge in [0.15, 0.2) is 5.60 Å². The number of phenols is 1. The van der Waals surface area contributed by atoms with Crippen LogP contribution in [0.3, 0.4) is 0 Å². The molecule has 0 spiro atoms. The number of hydrogen-bond acceptors (Lipinski definition) is 7. The summed E-state index contributed by atoms with van der Waals surface area (Å²) in [4.78, 5) is 60.4. The van der Waals surface area contributed by atoms with E-state index in [2.05, 4.69) is 12.2 Å². The number of amides is 1. The molecule has 1 aromatic carbocycles. The Balaban J connectivity index is 2.68. The molecule has 0 aliphatic carbocycles. The lowest BCUT2D eigenvalue weighted by molar-refractivity contribution is -0.172. The lowest BCUT2D eigenvalue weighted by Gasteiger charge is -2.29. The van der Waals surface area contributed by atoms with Crippen LogP contribution < -0.4 is 5.32 Å². The van der Waals surface area contributed by atoms with Gasteiger partial charge in [0.25, 0.3) is 0 Å². The number of nitrogens with one attached hydrogen (secondary N) is 1. The Bertz CT molecular complexity index is 1080. The number of carbonyl (C=O) groups is 5. The van der Waals surface area contributed by atoms with Crippen molar-refractivity contribution in [3.05, 3.63) is 42.0 Å². The van der Waals surface area contributed by atoms with Crippen molar-refractivity contribution in [2.24, 2.45) is 5.92 Å². The van der Waals surface area contributed by atoms with Crippen molar-refractivity contribution in [1.82, 2.24) is 5.32 Å². The van der Waals surface area contributed by atoms with Crippen molar-refractivity contribution in [3.8, 4) is 5.75 Å². The number of hydrogen-bond donors (Lipinski definition) is 6. The Morgan fingerprint density at radius 3 is 1.89 bits per heavy atom. The van der Waals surface area contributed by atoms with Gasteiger partial charge in [-0.05, 0) is 43.4 Å². The maximum absolute atomic E-state index is 13.1. The number of aromatic hydroxyl groups is 1. The Labute approximate surface area is 259 Å². The largest absolute Gasteiger partial charge is 0.508 e. The third-order valence-electron chi connectivity index (χ3n) is 7.54. The molecule has 0 aliphatic rings. The van der Waals surface area contributed by atoms with Gasteiger partial charge < -0.3 is 30.8 Å². The van der Waals surface area contributed by atoms with Crippen molar-refractivity contribution in [2.45, 2.75) is 121 Å². The lowest BCUT2D eigenvalue weighted by Crippen LogP contribution is -2.55. The topological polar surface area (TPSA) is 199 Å². The molecule has 0 fully saturated rings. The van der Waals surface area contributed by atoms with Gasteiger partial charge in [-0.25, -0.2) is 9.59 Å². The fourth-order valence-corrected chi connectivity index (χ4v) is 4.92. The smallest absolute Gasteiger partial charge is 0.337 e. The van der Waals surface area contributed by atoms with Crippen LogP contribution in [0, 0.1) is 5.92 Å². The normalized spacial score (nSPS) is 14.0. The number of ketones is 1. The van der Waals surface area contributed by atoms with E-state index in [9.17, 15) is 49.5 Å². The van der Waals surface area contributed by atoms with Crippen molar-refractivity contribution >= 4 is 29.6 Å². The quantitative estimate of drug-likeness (QED) is 0.0638. The average Bonchev–Trinajstić information content (AvgIpc) is 2.95. The number of phenolic OH excluding ortho intramolecular Hbond substituents is 1. The number of aliphatic carboxylic acids is 3. The van der Waals surface area contributed by atoms with Crippen molar-refractivity contribution in [3.63, 3.8) is 0 Å². The van der Waals surface area contributed by atoms with Crippen LogP contribution in [0.2, 0.25) is 0 Å². The molecular weight excluding hydrogens is 570 g/mol. The number of carboxylic acids is 3. The Morgan fingerprint density at radius 1 is 0.818 bits per heavy atom. The lowest BCUT2D eigenvalue weighted by atomic mass is 9.82. The summed E-state index contributed by atoms with van der Waals surface area (Å²) in [5.41, 5.74) is -2.56. The first kappa shape index (κ1) is 38.3. The molecule has 11 heteroatoms. The van der Waals surface area contributed by atoms with Crippen LogP contribution in [0.5, 0.6) is 5.75 Å². The third-order valence-corrected chi connectivity index (χ3v) is 7.54. The molecule has 3 atom stereocenters. The summed E-state index contributed by atoms with van der Waals surface area (Å²) >= 11 is 0. The molecule has 0 saturated carbocycles. The second-order valence-electron chi connectivity index (χ2n) is 11.3. The molecule has 11 nitrogen and oxygen atoms in total. The summed E-state index contributed by atoms with van der Waals surface area (Å²) in [7, 11) is 0. The molecule has 1 aromatic rings. The maximum Gasteiger partial charge on any atom is 0.337 e. The summed E-state index contributed by atoms with van der Waals surface area (Å²) in [6, 6.07) is 4.08. The predicted molar refractivity (Wildman–Crippen MR) is 164 cm³/mol. The van der Waals surface area contributed by atoms with Gasteiger partial charge in [0.1, 0.15) is 17.6 Å². The zero-order chi connectivity index (χ0) is 33.0. The standard InChI is InChI=1S/C33H49NO10/c1-2-3-4-5-6-9-12-15-25(35)16-13-10-7-8-11-14-17-27(33(44,32(42)43)23-29(37)38)30(39)34-28(31(40)41)22-24-18-20-26(36)21-19-24/h14,17-21,27-28,36,44H,2-13,15-16,22-23H2,1H3,(H,34,39)(H,37,38)(H,40,41)(H,42,43)/b17-14+/t27?,28-,33?/m0/s1. The molecule has 1 rings (SSSR count). The number of benzene rings is 1. The summed E-state index contributed by atoms with van der Waals surface area (Å²) in [5.74, 6) is -7.82. The minimum atomic E-state index is -3.02. The molecule has 0 aliphatic heterocycles. The number of unbranched alkanes of at least 4 members (excludes halogenated alkanes) is 10. The first-order valence-corrected chi connectivity index (χ1v) is 15.6. The van der Waals surface area contributed by atoms with E-state index in [1.54, 1.807) is 0 Å². The average molecular weight is 620 g/mol. The highest BCUT2D eigenvalue weighted by molar-refractivity contribution is 5.94. The van der Waals surface area contributed by atoms with Crippen LogP contribution in [0.1, 0.15) is 109 Å². The predicted octanol–water partition coefficient (Wildman–Crippen LogP) is 5.02. The zero-order valence-corrected chi connectivity index (χ0v) is 25.7. The molecule has 246 valence electrons. The Kier molecular flexibility index (Phi) is 18.3. The van der Waals surface area contributed by atoms with Crippen LogP contribution >= 0.6 is 0 Å². The molecule has 0 bridgehead atoms. The number of allylic oxidation sites excluding steroid dienone is 1. The molecule has 44 heavy (non-hydrogen) atoms. The van der Waals surface area contributed by atoms with Gasteiger partial charge in [0, 0.05) is 19.3 Å². The van der Waals surface area contributed by atoms with Gasteiger partial charge in [-0.3, -0.25) is 14.4 Å². The molecule has 0 radical (unpaired) electrons. The molecule has 6 N–H and O–H groups in total. The molecule has 0 saturated heterocycles. The van der Waals surface area contributed by atoms with Crippen LogP contribution in [0.25, 0.3) is 0 Å². The van der Waals surface area contributed by atoms with Gasteiger partial charge in [-0.2, -0.15) is 0 Å². The summed E-state index contributed by atoms with van der Waals surface area (Å²) in [5, 5.41) is 51.0. The van der Waals surface area contributed by atoms with Crippen molar-refractivity contribution in [1.29, 1.82) is 0 Å². The summed E-state index contributed by atoms with van der Waals surface area (Å²) < 4.78 is 0. The fourth-order valence-electron chi connectivity index (χ4n) is 4.92. The van der Waals surface area contributed by atoms with E-state index in [1.807, 2.05) is 0 Å². The number of carbonyl (C=O) groups excluding carboxylic acids is 2. The molecular formula is C33H49NO10. The van der Waals surface area contributed by atoms with E-state index in [4.69, 9.17) is 0 Å². The third kappa shape index (κ3) is 15.1. The van der Waals surface area contributed by atoms with E-state index in [0.717, 1.165) is 38.2 Å². The van der Waals surface area contributed by atoms with Crippen LogP contribution in [0.15, 0.2) is 36.4 Å². The van der Waals surface area contributed by atoms with Crippen LogP contribution in [-0.4, -0.2) is 66.8 Å². The number of rotatable bonds is 25. The van der Waals surface area contributed by atoms with Gasteiger partial charge in [-0.15, -0.1) is 0 Å². The molecule has 2 unspecified atom stereocenters. The van der Waals surface area contributed by atoms with Crippen LogP contribution in [-0.2, 0) is 30.4 Å². The second-order valence-corrected chi connectivity index (χ2v) is 11.3. The summed E-state index contributed by atoms with van der Waals surface area (Å²) in [6.45, 7) is 2.18. The maximum atomic E-state index is 13.1. The highest BCUT2D eigenvalue weighted by Gasteiger charge is 2.49. The monoisotopic (exact) mass is 619 g/mol. The minimum Gasteiger partial charge on any atom is -0.508 e. The highest BCUT2D eigenvalue weighted by atomic mass is 16.4. The Morgan fingerprint density at radius 2 is 1.36 bits per heavy atom. The van der Waals surface area contributed by atoms with Gasteiger partial charge in [-0.1, -0.05) is 82.6 Å². The first-order chi connectivity index (χ1) is 20.9. The molecule has 1 amide bonds. The van der Waals surface area contributed by atoms with Gasteiger partial charge in [0.05, 0.1) is 12.3 Å². The Hall–Kier alpha value is -3.73. The van der Waals surface area contributed by atoms with Gasteiger partial charge >= 0.3 is 17.9 Å². The fraction of sp³-hybridized carbons (Fsp3) is 0.606. The first-order valence-electron chi connectivity index (χ1n) is 15.6. The van der Waals surface area contributed by atoms with E-state index in [0.29, 0.717) is 31.2 Å². The van der Waals surface area contributed by atoms with Gasteiger partial charge in [0.2, 0.25) is 5.91 Å². The minimum absolute atomic E-state index is 0.0395. The zero-order valence-electron chi connectivity index (χ0n) is 25.7. The van der Waals surface area contributed by atoms with E-state index in [-0.39, 0.29) is 18.0 Å². The van der Waals surface area contributed by atoms with Crippen LogP contribution in [0.4, 0.5) is 0 Å². The van der Waals surface area contributed by atoms with Crippen molar-refractivity contribution < 1.29 is 49.5 Å². The number of aliphatic hydroxyl groups is 1. The van der Waals surface area contributed by atoms with E-state index < -0.39 is 47.8 Å². The van der Waals surface area contributed by atoms with Crippen molar-refractivity contribution in [2.75, 3.05) is 0 Å².